The lowest BCUT2D eigenvalue weighted by molar-refractivity contribution is -0.119. The van der Waals surface area contributed by atoms with Crippen molar-refractivity contribution in [3.05, 3.63) is 102 Å². The molecule has 3 heteroatoms. The molecule has 0 bridgehead atoms. The zero-order chi connectivity index (χ0) is 19.6. The van der Waals surface area contributed by atoms with E-state index in [0.717, 1.165) is 22.4 Å². The normalized spacial score (nSPS) is 11.8. The average Bonchev–Trinajstić information content (AvgIpc) is 2.74. The number of rotatable bonds is 10. The Morgan fingerprint density at radius 2 is 1.50 bits per heavy atom. The van der Waals surface area contributed by atoms with Gasteiger partial charge in [0.25, 0.3) is 0 Å². The summed E-state index contributed by atoms with van der Waals surface area (Å²) in [4.78, 5) is 12.1. The molecule has 3 aromatic carbocycles. The van der Waals surface area contributed by atoms with Gasteiger partial charge in [-0.15, -0.1) is 0 Å². The summed E-state index contributed by atoms with van der Waals surface area (Å²) in [5, 5.41) is 10.5. The maximum atomic E-state index is 12.1. The summed E-state index contributed by atoms with van der Waals surface area (Å²) >= 11 is 0. The number of aliphatic hydroxyl groups is 1. The third-order valence-electron chi connectivity index (χ3n) is 4.69. The molecule has 0 fully saturated rings. The average molecular weight is 374 g/mol. The van der Waals surface area contributed by atoms with Crippen molar-refractivity contribution in [1.82, 2.24) is 0 Å². The number of ketones is 1. The van der Waals surface area contributed by atoms with Crippen LogP contribution in [0, 0.1) is 0 Å². The van der Waals surface area contributed by atoms with Crippen LogP contribution >= 0.6 is 0 Å². The minimum absolute atomic E-state index is 0.186. The van der Waals surface area contributed by atoms with E-state index in [1.54, 1.807) is 0 Å². The van der Waals surface area contributed by atoms with Crippen molar-refractivity contribution in [2.75, 3.05) is 6.61 Å². The van der Waals surface area contributed by atoms with Crippen LogP contribution in [0.25, 0.3) is 0 Å². The van der Waals surface area contributed by atoms with Gasteiger partial charge in [-0.25, -0.2) is 0 Å². The highest BCUT2D eigenvalue weighted by atomic mass is 16.5. The lowest BCUT2D eigenvalue weighted by Gasteiger charge is -2.12. The molecule has 0 saturated carbocycles. The molecule has 3 aromatic rings. The number of hydrogen-bond donors (Lipinski definition) is 1. The summed E-state index contributed by atoms with van der Waals surface area (Å²) in [7, 11) is 0. The van der Waals surface area contributed by atoms with Crippen molar-refractivity contribution >= 4 is 5.78 Å². The Bertz CT molecular complexity index is 859. The fourth-order valence-electron chi connectivity index (χ4n) is 3.12. The van der Waals surface area contributed by atoms with Gasteiger partial charge in [0.1, 0.15) is 11.5 Å². The molecule has 0 aliphatic heterocycles. The molecule has 1 unspecified atom stereocenters. The number of para-hydroxylation sites is 1. The van der Waals surface area contributed by atoms with Crippen LogP contribution in [0.3, 0.4) is 0 Å². The molecule has 1 N–H and O–H groups in total. The van der Waals surface area contributed by atoms with Gasteiger partial charge in [0.2, 0.25) is 0 Å². The van der Waals surface area contributed by atoms with Crippen molar-refractivity contribution in [1.29, 1.82) is 0 Å². The molecule has 28 heavy (non-hydrogen) atoms. The smallest absolute Gasteiger partial charge is 0.136 e. The second-order valence-corrected chi connectivity index (χ2v) is 6.90. The summed E-state index contributed by atoms with van der Waals surface area (Å²) in [6, 6.07) is 27.4. The van der Waals surface area contributed by atoms with E-state index < -0.39 is 6.10 Å². The molecule has 0 aromatic heterocycles. The van der Waals surface area contributed by atoms with Crippen molar-refractivity contribution in [2.24, 2.45) is 0 Å². The number of ether oxygens (including phenoxy) is 1. The number of carbonyl (C=O) groups excluding carboxylic acids is 1. The number of Topliss-reactive ketones (excluding diaryl/α,β-unsaturated/α-hetero) is 1. The van der Waals surface area contributed by atoms with Gasteiger partial charge in [0.05, 0.1) is 12.7 Å². The Morgan fingerprint density at radius 1 is 0.821 bits per heavy atom. The monoisotopic (exact) mass is 374 g/mol. The molecule has 3 rings (SSSR count). The van der Waals surface area contributed by atoms with E-state index in [1.807, 2.05) is 84.9 Å². The molecule has 0 aliphatic rings. The minimum atomic E-state index is -0.544. The summed E-state index contributed by atoms with van der Waals surface area (Å²) in [6.07, 6.45) is 1.61. The van der Waals surface area contributed by atoms with Crippen LogP contribution in [0.5, 0.6) is 5.75 Å². The Labute approximate surface area is 166 Å². The number of carbonyl (C=O) groups is 1. The number of aryl methyl sites for hydroxylation is 1. The lowest BCUT2D eigenvalue weighted by atomic mass is 9.98. The predicted octanol–water partition coefficient (Wildman–Crippen LogP) is 4.93. The first-order valence-electron chi connectivity index (χ1n) is 9.71. The zero-order valence-corrected chi connectivity index (χ0v) is 16.0. The quantitative estimate of drug-likeness (QED) is 0.547. The van der Waals surface area contributed by atoms with Crippen molar-refractivity contribution in [3.8, 4) is 5.75 Å². The van der Waals surface area contributed by atoms with E-state index >= 15 is 0 Å². The van der Waals surface area contributed by atoms with E-state index in [4.69, 9.17) is 4.74 Å². The van der Waals surface area contributed by atoms with Gasteiger partial charge in [0.15, 0.2) is 0 Å². The highest BCUT2D eigenvalue weighted by Crippen LogP contribution is 2.20. The van der Waals surface area contributed by atoms with Crippen LogP contribution in [0.1, 0.15) is 35.6 Å². The molecule has 0 spiro atoms. The first kappa shape index (κ1) is 19.8. The molecule has 0 saturated heterocycles. The van der Waals surface area contributed by atoms with E-state index in [0.29, 0.717) is 32.3 Å². The maximum Gasteiger partial charge on any atom is 0.136 e. The molecular formula is C25H26O3. The van der Waals surface area contributed by atoms with E-state index in [-0.39, 0.29) is 5.78 Å². The molecule has 144 valence electrons. The van der Waals surface area contributed by atoms with Gasteiger partial charge in [-0.1, -0.05) is 72.8 Å². The summed E-state index contributed by atoms with van der Waals surface area (Å²) < 4.78 is 5.58. The van der Waals surface area contributed by atoms with Crippen LogP contribution in [-0.2, 0) is 17.6 Å². The molecule has 1 atom stereocenters. The third-order valence-corrected chi connectivity index (χ3v) is 4.69. The van der Waals surface area contributed by atoms with Gasteiger partial charge < -0.3 is 9.84 Å². The van der Waals surface area contributed by atoms with Gasteiger partial charge in [-0.05, 0) is 35.2 Å². The molecule has 0 radical (unpaired) electrons. The summed E-state index contributed by atoms with van der Waals surface area (Å²) in [5.41, 5.74) is 3.07. The predicted molar refractivity (Wildman–Crippen MR) is 111 cm³/mol. The van der Waals surface area contributed by atoms with Crippen LogP contribution in [-0.4, -0.2) is 17.5 Å². The SMILES string of the molecule is O=C(CCOc1ccccc1)CCc1cccc(C(O)Cc2ccccc2)c1. The highest BCUT2D eigenvalue weighted by molar-refractivity contribution is 5.78. The summed E-state index contributed by atoms with van der Waals surface area (Å²) in [6.45, 7) is 0.401. The van der Waals surface area contributed by atoms with Crippen LogP contribution < -0.4 is 4.74 Å². The first-order chi connectivity index (χ1) is 13.7. The van der Waals surface area contributed by atoms with Gasteiger partial charge in [-0.3, -0.25) is 4.79 Å². The van der Waals surface area contributed by atoms with E-state index in [2.05, 4.69) is 0 Å². The molecule has 3 nitrogen and oxygen atoms in total. The Hall–Kier alpha value is -2.91. The Morgan fingerprint density at radius 3 is 2.25 bits per heavy atom. The van der Waals surface area contributed by atoms with E-state index in [9.17, 15) is 9.90 Å². The summed E-state index contributed by atoms with van der Waals surface area (Å²) in [5.74, 6) is 0.974. The Balaban J connectivity index is 1.45. The largest absolute Gasteiger partial charge is 0.493 e. The zero-order valence-electron chi connectivity index (χ0n) is 16.0. The maximum absolute atomic E-state index is 12.1. The van der Waals surface area contributed by atoms with Crippen LogP contribution in [0.15, 0.2) is 84.9 Å². The first-order valence-corrected chi connectivity index (χ1v) is 9.71. The topological polar surface area (TPSA) is 46.5 Å². The fraction of sp³-hybridized carbons (Fsp3) is 0.240. The van der Waals surface area contributed by atoms with Gasteiger partial charge >= 0.3 is 0 Å². The molecule has 0 amide bonds. The fourth-order valence-corrected chi connectivity index (χ4v) is 3.12. The highest BCUT2D eigenvalue weighted by Gasteiger charge is 2.10. The second-order valence-electron chi connectivity index (χ2n) is 6.90. The number of hydrogen-bond acceptors (Lipinski definition) is 3. The molecule has 0 aliphatic carbocycles. The number of aliphatic hydroxyl groups excluding tert-OH is 1. The van der Waals surface area contributed by atoms with E-state index in [1.165, 1.54) is 0 Å². The van der Waals surface area contributed by atoms with Crippen molar-refractivity contribution < 1.29 is 14.6 Å². The van der Waals surface area contributed by atoms with Gasteiger partial charge in [0, 0.05) is 19.3 Å². The number of benzene rings is 3. The molecular weight excluding hydrogens is 348 g/mol. The van der Waals surface area contributed by atoms with Crippen molar-refractivity contribution in [3.63, 3.8) is 0 Å². The second kappa shape index (κ2) is 10.4. The molecule has 0 heterocycles. The van der Waals surface area contributed by atoms with Crippen molar-refractivity contribution in [2.45, 2.75) is 31.8 Å². The minimum Gasteiger partial charge on any atom is -0.493 e. The third kappa shape index (κ3) is 6.36. The van der Waals surface area contributed by atoms with Crippen LogP contribution in [0.4, 0.5) is 0 Å². The lowest BCUT2D eigenvalue weighted by Crippen LogP contribution is -2.07. The Kier molecular flexibility index (Phi) is 7.39. The van der Waals surface area contributed by atoms with Crippen LogP contribution in [0.2, 0.25) is 0 Å². The van der Waals surface area contributed by atoms with Gasteiger partial charge in [-0.2, -0.15) is 0 Å². The standard InChI is InChI=1S/C25H26O3/c26-23(16-17-28-24-12-5-2-6-13-24)15-14-21-10-7-11-22(18-21)25(27)19-20-8-3-1-4-9-20/h1-13,18,25,27H,14-17,19H2.